The fourth-order valence-electron chi connectivity index (χ4n) is 5.44. The molecule has 0 bridgehead atoms. The van der Waals surface area contributed by atoms with Crippen LogP contribution in [0, 0.1) is 0 Å². The fourth-order valence-corrected chi connectivity index (χ4v) is 5.44. The van der Waals surface area contributed by atoms with Crippen molar-refractivity contribution in [2.24, 2.45) is 0 Å². The molecule has 5 rings (SSSR count). The standard InChI is InChI=1S/C23H29N5O2/c1-27(2)22-25-19-17(20(29)26-22)8-10-23(19)9-5-11-28(14-23)21(30)16-12-15-6-3-4-7-18(15)24-13-16/h12-13H,3-11,14H2,1-2H3,(H,25,26,29). The molecule has 1 amide bonds. The first-order chi connectivity index (χ1) is 14.5. The van der Waals surface area contributed by atoms with Gasteiger partial charge in [0, 0.05) is 50.1 Å². The molecule has 1 atom stereocenters. The zero-order chi connectivity index (χ0) is 20.9. The summed E-state index contributed by atoms with van der Waals surface area (Å²) < 4.78 is 0. The monoisotopic (exact) mass is 407 g/mol. The summed E-state index contributed by atoms with van der Waals surface area (Å²) in [5.41, 5.74) is 4.51. The van der Waals surface area contributed by atoms with Gasteiger partial charge in [-0.15, -0.1) is 0 Å². The van der Waals surface area contributed by atoms with Crippen molar-refractivity contribution in [2.75, 3.05) is 32.1 Å². The molecule has 1 saturated heterocycles. The Morgan fingerprint density at radius 2 is 2.00 bits per heavy atom. The van der Waals surface area contributed by atoms with E-state index in [1.54, 1.807) is 6.20 Å². The van der Waals surface area contributed by atoms with Gasteiger partial charge in [-0.3, -0.25) is 19.6 Å². The zero-order valence-electron chi connectivity index (χ0n) is 17.8. The van der Waals surface area contributed by atoms with Crippen LogP contribution in [0.5, 0.6) is 0 Å². The highest BCUT2D eigenvalue weighted by Gasteiger charge is 2.46. The van der Waals surface area contributed by atoms with Crippen LogP contribution in [0.3, 0.4) is 0 Å². The minimum absolute atomic E-state index is 0.0390. The topological polar surface area (TPSA) is 82.2 Å². The van der Waals surface area contributed by atoms with Crippen LogP contribution in [0.15, 0.2) is 17.1 Å². The van der Waals surface area contributed by atoms with Gasteiger partial charge in [0.25, 0.3) is 11.5 Å². The Bertz CT molecular complexity index is 1060. The minimum atomic E-state index is -0.218. The lowest BCUT2D eigenvalue weighted by molar-refractivity contribution is 0.0633. The van der Waals surface area contributed by atoms with Crippen molar-refractivity contribution in [2.45, 2.75) is 56.8 Å². The van der Waals surface area contributed by atoms with Gasteiger partial charge >= 0.3 is 0 Å². The number of rotatable bonds is 2. The normalized spacial score (nSPS) is 22.7. The zero-order valence-corrected chi connectivity index (χ0v) is 17.8. The third kappa shape index (κ3) is 3.11. The summed E-state index contributed by atoms with van der Waals surface area (Å²) in [7, 11) is 3.76. The van der Waals surface area contributed by atoms with E-state index in [0.29, 0.717) is 18.1 Å². The quantitative estimate of drug-likeness (QED) is 0.826. The van der Waals surface area contributed by atoms with Gasteiger partial charge < -0.3 is 9.80 Å². The summed E-state index contributed by atoms with van der Waals surface area (Å²) in [5.74, 6) is 0.642. The van der Waals surface area contributed by atoms with Gasteiger partial charge in [0.1, 0.15) is 0 Å². The number of likely N-dealkylation sites (tertiary alicyclic amines) is 1. The van der Waals surface area contributed by atoms with Crippen molar-refractivity contribution in [3.05, 3.63) is 50.7 Å². The summed E-state index contributed by atoms with van der Waals surface area (Å²) in [4.78, 5) is 42.1. The molecule has 0 aromatic carbocycles. The second-order valence-corrected chi connectivity index (χ2v) is 9.26. The highest BCUT2D eigenvalue weighted by Crippen LogP contribution is 2.43. The van der Waals surface area contributed by atoms with E-state index in [2.05, 4.69) is 16.0 Å². The molecule has 158 valence electrons. The number of amides is 1. The molecule has 2 aromatic rings. The van der Waals surface area contributed by atoms with E-state index in [1.165, 1.54) is 18.4 Å². The van der Waals surface area contributed by atoms with E-state index in [9.17, 15) is 9.59 Å². The Hall–Kier alpha value is -2.70. The number of pyridine rings is 1. The lowest BCUT2D eigenvalue weighted by Crippen LogP contribution is -2.48. The number of carbonyl (C=O) groups is 1. The molecule has 3 heterocycles. The molecule has 1 aliphatic heterocycles. The average Bonchev–Trinajstić information content (AvgIpc) is 3.11. The first-order valence-electron chi connectivity index (χ1n) is 11.0. The molecule has 3 aliphatic rings. The molecule has 1 unspecified atom stereocenters. The predicted molar refractivity (Wildman–Crippen MR) is 115 cm³/mol. The van der Waals surface area contributed by atoms with E-state index in [1.807, 2.05) is 23.9 Å². The van der Waals surface area contributed by atoms with Gasteiger partial charge in [-0.25, -0.2) is 4.98 Å². The van der Waals surface area contributed by atoms with Crippen LogP contribution < -0.4 is 10.5 Å². The lowest BCUT2D eigenvalue weighted by Gasteiger charge is -2.40. The van der Waals surface area contributed by atoms with E-state index in [-0.39, 0.29) is 16.9 Å². The van der Waals surface area contributed by atoms with E-state index < -0.39 is 0 Å². The molecule has 2 aliphatic carbocycles. The average molecular weight is 408 g/mol. The van der Waals surface area contributed by atoms with Crippen LogP contribution in [0.4, 0.5) is 5.95 Å². The molecular weight excluding hydrogens is 378 g/mol. The molecule has 1 N–H and O–H groups in total. The smallest absolute Gasteiger partial charge is 0.255 e. The Balaban J connectivity index is 1.45. The first kappa shape index (κ1) is 19.3. The molecule has 7 nitrogen and oxygen atoms in total. The lowest BCUT2D eigenvalue weighted by atomic mass is 9.77. The van der Waals surface area contributed by atoms with Crippen LogP contribution in [-0.2, 0) is 24.7 Å². The molecule has 1 fully saturated rings. The highest BCUT2D eigenvalue weighted by molar-refractivity contribution is 5.94. The summed E-state index contributed by atoms with van der Waals surface area (Å²) in [6, 6.07) is 2.06. The largest absolute Gasteiger partial charge is 0.348 e. The molecule has 0 radical (unpaired) electrons. The van der Waals surface area contributed by atoms with Gasteiger partial charge in [-0.05, 0) is 63.0 Å². The summed E-state index contributed by atoms with van der Waals surface area (Å²) in [6.07, 6.45) is 9.64. The number of carbonyl (C=O) groups excluding carboxylic acids is 1. The Morgan fingerprint density at radius 1 is 1.17 bits per heavy atom. The van der Waals surface area contributed by atoms with Gasteiger partial charge in [-0.2, -0.15) is 0 Å². The van der Waals surface area contributed by atoms with E-state index in [0.717, 1.165) is 62.0 Å². The predicted octanol–water partition coefficient (Wildman–Crippen LogP) is 2.23. The fraction of sp³-hybridized carbons (Fsp3) is 0.565. The van der Waals surface area contributed by atoms with Crippen molar-refractivity contribution >= 4 is 11.9 Å². The van der Waals surface area contributed by atoms with E-state index in [4.69, 9.17) is 4.98 Å². The second kappa shape index (κ2) is 7.22. The van der Waals surface area contributed by atoms with Crippen molar-refractivity contribution in [1.29, 1.82) is 0 Å². The number of aromatic nitrogens is 3. The number of nitrogens with one attached hydrogen (secondary N) is 1. The maximum atomic E-state index is 13.4. The van der Waals surface area contributed by atoms with Crippen LogP contribution in [0.25, 0.3) is 0 Å². The number of hydrogen-bond acceptors (Lipinski definition) is 5. The van der Waals surface area contributed by atoms with Gasteiger partial charge in [-0.1, -0.05) is 0 Å². The number of piperidine rings is 1. The molecular formula is C23H29N5O2. The Labute approximate surface area is 176 Å². The molecule has 1 spiro atoms. The maximum Gasteiger partial charge on any atom is 0.255 e. The van der Waals surface area contributed by atoms with Crippen molar-refractivity contribution in [3.63, 3.8) is 0 Å². The van der Waals surface area contributed by atoms with E-state index >= 15 is 0 Å². The van der Waals surface area contributed by atoms with Crippen LogP contribution in [-0.4, -0.2) is 52.9 Å². The first-order valence-corrected chi connectivity index (χ1v) is 11.0. The van der Waals surface area contributed by atoms with Crippen molar-refractivity contribution in [1.82, 2.24) is 19.9 Å². The number of aromatic amines is 1. The third-order valence-electron chi connectivity index (χ3n) is 7.06. The molecule has 0 saturated carbocycles. The summed E-state index contributed by atoms with van der Waals surface area (Å²) >= 11 is 0. The molecule has 2 aromatic heterocycles. The van der Waals surface area contributed by atoms with Crippen LogP contribution in [0.1, 0.15) is 65.0 Å². The number of aryl methyl sites for hydroxylation is 2. The number of anilines is 1. The third-order valence-corrected chi connectivity index (χ3v) is 7.06. The number of fused-ring (bicyclic) bond motifs is 3. The van der Waals surface area contributed by atoms with Crippen LogP contribution in [0.2, 0.25) is 0 Å². The van der Waals surface area contributed by atoms with Crippen molar-refractivity contribution < 1.29 is 4.79 Å². The Morgan fingerprint density at radius 3 is 2.83 bits per heavy atom. The number of nitrogens with zero attached hydrogens (tertiary/aromatic N) is 4. The SMILES string of the molecule is CN(C)c1nc2c(c(=O)[nH]1)CCC21CCCN(C(=O)c2cnc3c(c2)CCCC3)C1. The Kier molecular flexibility index (Phi) is 4.64. The van der Waals surface area contributed by atoms with Crippen molar-refractivity contribution in [3.8, 4) is 0 Å². The highest BCUT2D eigenvalue weighted by atomic mass is 16.2. The molecule has 7 heteroatoms. The van der Waals surface area contributed by atoms with Gasteiger partial charge in [0.2, 0.25) is 5.95 Å². The number of hydrogen-bond donors (Lipinski definition) is 1. The van der Waals surface area contributed by atoms with Crippen LogP contribution >= 0.6 is 0 Å². The minimum Gasteiger partial charge on any atom is -0.348 e. The number of H-pyrrole nitrogens is 1. The summed E-state index contributed by atoms with van der Waals surface area (Å²) in [6.45, 7) is 1.37. The maximum absolute atomic E-state index is 13.4. The second-order valence-electron chi connectivity index (χ2n) is 9.26. The van der Waals surface area contributed by atoms with Gasteiger partial charge in [0.15, 0.2) is 0 Å². The molecule has 30 heavy (non-hydrogen) atoms. The summed E-state index contributed by atoms with van der Waals surface area (Å²) in [5, 5.41) is 0. The van der Waals surface area contributed by atoms with Gasteiger partial charge in [0.05, 0.1) is 11.3 Å².